The van der Waals surface area contributed by atoms with E-state index in [0.717, 1.165) is 151 Å². The van der Waals surface area contributed by atoms with E-state index in [2.05, 4.69) is 148 Å². The molecule has 1 unspecified atom stereocenters. The third-order valence-corrected chi connectivity index (χ3v) is 11.4. The van der Waals surface area contributed by atoms with Crippen molar-refractivity contribution in [3.63, 3.8) is 0 Å². The zero-order chi connectivity index (χ0) is 47.6. The van der Waals surface area contributed by atoms with Crippen molar-refractivity contribution in [2.45, 2.75) is 104 Å². The fraction of sp³-hybridized carbons (Fsp3) is 1.00. The Balaban J connectivity index is 0.000000366. The van der Waals surface area contributed by atoms with Gasteiger partial charge in [0.15, 0.2) is 0 Å². The predicted molar refractivity (Wildman–Crippen MR) is 276 cm³/mol. The van der Waals surface area contributed by atoms with Crippen LogP contribution in [0.15, 0.2) is 0 Å². The van der Waals surface area contributed by atoms with Crippen molar-refractivity contribution < 1.29 is 14.2 Å². The number of hydrogen-bond donors (Lipinski definition) is 13. The Morgan fingerprint density at radius 1 is 0.462 bits per heavy atom. The molecule has 65 heavy (non-hydrogen) atoms. The number of nitrogens with zero attached hydrogens (tertiary/aromatic N) is 2. The molecule has 9 rings (SSSR count). The molecule has 9 saturated heterocycles. The van der Waals surface area contributed by atoms with E-state index in [9.17, 15) is 0 Å². The molecule has 0 saturated carbocycles. The van der Waals surface area contributed by atoms with Crippen molar-refractivity contribution in [2.24, 2.45) is 0 Å². The van der Waals surface area contributed by atoms with E-state index in [1.54, 1.807) is 0 Å². The molecule has 0 aliphatic carbocycles. The SMILES string of the molecule is C1CNCCN1.C1COCCN1.CC1(C)CNCCN1.CC1CNCCO1.CCN1CCNCC1.CN1CCNCC1.C[C@@H]1CNC[C@H](C)N1.C[C@@H]1CNC[C@H](C)O1.C[C@H]1CNCCN1. The first kappa shape index (κ1) is 62.3. The summed E-state index contributed by atoms with van der Waals surface area (Å²) in [7, 11) is 2.15. The maximum atomic E-state index is 5.42. The molecule has 13 N–H and O–H groups in total. The molecular formula is C47H109N15O3. The number of ether oxygens (including phenoxy) is 3. The van der Waals surface area contributed by atoms with Crippen molar-refractivity contribution in [1.29, 1.82) is 0 Å². The van der Waals surface area contributed by atoms with Crippen LogP contribution in [0, 0.1) is 0 Å². The van der Waals surface area contributed by atoms with Gasteiger partial charge in [-0.05, 0) is 69.0 Å². The van der Waals surface area contributed by atoms with Gasteiger partial charge in [0.25, 0.3) is 0 Å². The quantitative estimate of drug-likeness (QED) is 0.139. The van der Waals surface area contributed by atoms with Crippen LogP contribution in [0.5, 0.6) is 0 Å². The minimum atomic E-state index is 0.318. The summed E-state index contributed by atoms with van der Waals surface area (Å²) in [6.45, 7) is 52.5. The highest BCUT2D eigenvalue weighted by Crippen LogP contribution is 2.01. The fourth-order valence-corrected chi connectivity index (χ4v) is 7.47. The summed E-state index contributed by atoms with van der Waals surface area (Å²) in [5.41, 5.74) is 0.318. The molecule has 9 heterocycles. The van der Waals surface area contributed by atoms with Gasteiger partial charge in [0.2, 0.25) is 0 Å². The first-order valence-electron chi connectivity index (χ1n) is 26.0. The molecule has 9 fully saturated rings. The Morgan fingerprint density at radius 3 is 1.17 bits per heavy atom. The molecule has 0 radical (unpaired) electrons. The monoisotopic (exact) mass is 932 g/mol. The van der Waals surface area contributed by atoms with Crippen molar-refractivity contribution in [3.05, 3.63) is 0 Å². The molecule has 390 valence electrons. The highest BCUT2D eigenvalue weighted by Gasteiger charge is 2.18. The molecule has 6 atom stereocenters. The normalized spacial score (nSPS) is 30.4. The third kappa shape index (κ3) is 41.9. The van der Waals surface area contributed by atoms with Crippen LogP contribution in [0.4, 0.5) is 0 Å². The number of nitrogens with one attached hydrogen (secondary N) is 13. The molecular weight excluding hydrogens is 823 g/mol. The van der Waals surface area contributed by atoms with Crippen molar-refractivity contribution >= 4 is 0 Å². The lowest BCUT2D eigenvalue weighted by atomic mass is 10.0. The smallest absolute Gasteiger partial charge is 0.0675 e. The predicted octanol–water partition coefficient (Wildman–Crippen LogP) is -1.92. The first-order chi connectivity index (χ1) is 31.4. The summed E-state index contributed by atoms with van der Waals surface area (Å²) in [6.07, 6.45) is 1.23. The summed E-state index contributed by atoms with van der Waals surface area (Å²) >= 11 is 0. The summed E-state index contributed by atoms with van der Waals surface area (Å²) in [4.78, 5) is 4.78. The summed E-state index contributed by atoms with van der Waals surface area (Å²) in [5.74, 6) is 0. The van der Waals surface area contributed by atoms with Crippen molar-refractivity contribution in [3.8, 4) is 0 Å². The van der Waals surface area contributed by atoms with Gasteiger partial charge in [0.1, 0.15) is 0 Å². The summed E-state index contributed by atoms with van der Waals surface area (Å²) in [5, 5.41) is 42.7. The Morgan fingerprint density at radius 2 is 0.923 bits per heavy atom. The van der Waals surface area contributed by atoms with Crippen LogP contribution in [0.25, 0.3) is 0 Å². The summed E-state index contributed by atoms with van der Waals surface area (Å²) in [6, 6.07) is 1.98. The topological polar surface area (TPSA) is 191 Å². The number of likely N-dealkylation sites (N-methyl/N-ethyl adjacent to an activating group) is 2. The van der Waals surface area contributed by atoms with E-state index in [-0.39, 0.29) is 0 Å². The van der Waals surface area contributed by atoms with Gasteiger partial charge in [-0.2, -0.15) is 0 Å². The molecule has 0 spiro atoms. The van der Waals surface area contributed by atoms with Gasteiger partial charge in [-0.3, -0.25) is 0 Å². The van der Waals surface area contributed by atoms with E-state index >= 15 is 0 Å². The molecule has 0 aromatic carbocycles. The largest absolute Gasteiger partial charge is 0.379 e. The first-order valence-corrected chi connectivity index (χ1v) is 26.0. The third-order valence-electron chi connectivity index (χ3n) is 11.4. The van der Waals surface area contributed by atoms with Crippen LogP contribution >= 0.6 is 0 Å². The second-order valence-electron chi connectivity index (χ2n) is 19.1. The molecule has 9 aliphatic rings. The number of morpholine rings is 3. The van der Waals surface area contributed by atoms with Crippen LogP contribution < -0.4 is 69.1 Å². The van der Waals surface area contributed by atoms with E-state index in [1.165, 1.54) is 45.8 Å². The van der Waals surface area contributed by atoms with Gasteiger partial charge in [0, 0.05) is 194 Å². The van der Waals surface area contributed by atoms with Gasteiger partial charge >= 0.3 is 0 Å². The lowest BCUT2D eigenvalue weighted by molar-refractivity contribution is -0.0166. The number of rotatable bonds is 1. The minimum Gasteiger partial charge on any atom is -0.379 e. The number of hydrogen-bond acceptors (Lipinski definition) is 18. The molecule has 0 aromatic rings. The maximum Gasteiger partial charge on any atom is 0.0675 e. The molecule has 0 aromatic heterocycles. The fourth-order valence-electron chi connectivity index (χ4n) is 7.47. The molecule has 18 heteroatoms. The van der Waals surface area contributed by atoms with E-state index in [1.807, 2.05) is 0 Å². The standard InChI is InChI=1S/3C6H14N2.C6H13NO.2C5H12N2.C5H11NO.C4H10N2.C4H9NO/c1-5-3-7-4-6(2)8-5;1-6(2)5-7-3-4-8-6;1-2-8-5-3-7-4-6-8;1-5-3-7-4-6(2)8-5;1-7-4-2-6-3-5-7;2*1-5-4-6-2-3-7-5;1-2-6-4-3-5-1;1-3-6-4-2-5-1/h5-8H,3-4H2,1-2H3;7-8H,3-5H2,1-2H3;7H,2-6H2,1H3;5-7H,3-4H2,1-2H3;6H,2-5H2,1H3;5-7H,2-4H2,1H3;5-6H,2-4H2,1H3;5-6H,1-4H2;5H,1-4H2/t5-,6+;;;5-,6+;;5-;;;/m.....0.../s1. The summed E-state index contributed by atoms with van der Waals surface area (Å²) < 4.78 is 15.6. The van der Waals surface area contributed by atoms with Gasteiger partial charge in [-0.25, -0.2) is 0 Å². The lowest BCUT2D eigenvalue weighted by Gasteiger charge is -2.31. The average molecular weight is 932 g/mol. The van der Waals surface area contributed by atoms with Crippen LogP contribution in [-0.4, -0.2) is 255 Å². The second-order valence-corrected chi connectivity index (χ2v) is 19.1. The van der Waals surface area contributed by atoms with E-state index in [4.69, 9.17) is 14.2 Å². The van der Waals surface area contributed by atoms with E-state index in [0.29, 0.717) is 42.0 Å². The van der Waals surface area contributed by atoms with Crippen molar-refractivity contribution in [2.75, 3.05) is 204 Å². The van der Waals surface area contributed by atoms with E-state index < -0.39 is 0 Å². The minimum absolute atomic E-state index is 0.318. The van der Waals surface area contributed by atoms with Gasteiger partial charge in [-0.1, -0.05) is 6.92 Å². The molecule has 0 bridgehead atoms. The highest BCUT2D eigenvalue weighted by atomic mass is 16.5. The van der Waals surface area contributed by atoms with Gasteiger partial charge in [-0.15, -0.1) is 0 Å². The Labute approximate surface area is 400 Å². The average Bonchev–Trinajstić information content (AvgIpc) is 3.33. The van der Waals surface area contributed by atoms with Crippen LogP contribution in [0.3, 0.4) is 0 Å². The van der Waals surface area contributed by atoms with Gasteiger partial charge < -0.3 is 93.1 Å². The Bertz CT molecular complexity index is 864. The zero-order valence-corrected chi connectivity index (χ0v) is 43.8. The van der Waals surface area contributed by atoms with Gasteiger partial charge in [0.05, 0.1) is 38.1 Å². The second kappa shape index (κ2) is 43.3. The molecule has 18 nitrogen and oxygen atoms in total. The van der Waals surface area contributed by atoms with Crippen LogP contribution in [-0.2, 0) is 14.2 Å². The maximum absolute atomic E-state index is 5.42. The lowest BCUT2D eigenvalue weighted by Crippen LogP contribution is -2.55. The van der Waals surface area contributed by atoms with Crippen molar-refractivity contribution in [1.82, 2.24) is 78.9 Å². The Hall–Kier alpha value is -0.720. The van der Waals surface area contributed by atoms with Crippen LogP contribution in [0.2, 0.25) is 0 Å². The zero-order valence-electron chi connectivity index (χ0n) is 43.8. The number of piperazine rings is 6. The molecule has 0 amide bonds. The van der Waals surface area contributed by atoms with Crippen LogP contribution in [0.1, 0.15) is 62.3 Å². The Kier molecular flexibility index (Phi) is 41.5. The highest BCUT2D eigenvalue weighted by molar-refractivity contribution is 4.84. The molecule has 9 aliphatic heterocycles.